The van der Waals surface area contributed by atoms with Crippen molar-refractivity contribution in [3.05, 3.63) is 22.3 Å². The van der Waals surface area contributed by atoms with Crippen LogP contribution in [0.15, 0.2) is 16.7 Å². The van der Waals surface area contributed by atoms with E-state index in [-0.39, 0.29) is 6.10 Å². The number of nitrogens with zero attached hydrogens (tertiary/aromatic N) is 1. The van der Waals surface area contributed by atoms with E-state index in [4.69, 9.17) is 4.74 Å². The van der Waals surface area contributed by atoms with Crippen LogP contribution in [-0.4, -0.2) is 17.6 Å². The first-order chi connectivity index (χ1) is 7.99. The van der Waals surface area contributed by atoms with Crippen LogP contribution in [-0.2, 0) is 6.54 Å². The third kappa shape index (κ3) is 5.50. The molecule has 0 bridgehead atoms. The van der Waals surface area contributed by atoms with Gasteiger partial charge in [0, 0.05) is 22.8 Å². The molecule has 0 aliphatic carbocycles. The summed E-state index contributed by atoms with van der Waals surface area (Å²) in [5.74, 6) is 1.36. The Balaban J connectivity index is 2.69. The summed E-state index contributed by atoms with van der Waals surface area (Å²) in [5.41, 5.74) is 1.09. The summed E-state index contributed by atoms with van der Waals surface area (Å²) in [5, 5.41) is 3.40. The molecule has 1 aromatic rings. The van der Waals surface area contributed by atoms with Crippen molar-refractivity contribution < 1.29 is 4.74 Å². The Hall–Kier alpha value is -0.610. The Morgan fingerprint density at radius 3 is 2.65 bits per heavy atom. The van der Waals surface area contributed by atoms with E-state index in [0.29, 0.717) is 5.92 Å². The van der Waals surface area contributed by atoms with E-state index in [0.717, 1.165) is 29.0 Å². The highest BCUT2D eigenvalue weighted by molar-refractivity contribution is 9.10. The molecule has 17 heavy (non-hydrogen) atoms. The van der Waals surface area contributed by atoms with Gasteiger partial charge in [-0.25, -0.2) is 4.98 Å². The number of nitrogens with one attached hydrogen (secondary N) is 1. The molecule has 0 aromatic carbocycles. The molecule has 0 fully saturated rings. The lowest BCUT2D eigenvalue weighted by Gasteiger charge is -2.14. The van der Waals surface area contributed by atoms with Crippen LogP contribution in [0.4, 0.5) is 0 Å². The molecule has 0 aliphatic rings. The SMILES string of the molecule is CC(C)CNCc1cc(Br)cnc1OC(C)C. The number of pyridine rings is 1. The van der Waals surface area contributed by atoms with E-state index in [1.807, 2.05) is 13.8 Å². The first-order valence-electron chi connectivity index (χ1n) is 6.00. The van der Waals surface area contributed by atoms with E-state index in [1.165, 1.54) is 0 Å². The lowest BCUT2D eigenvalue weighted by atomic mass is 10.2. The van der Waals surface area contributed by atoms with Gasteiger partial charge in [-0.2, -0.15) is 0 Å². The molecule has 0 atom stereocenters. The van der Waals surface area contributed by atoms with Crippen molar-refractivity contribution in [2.24, 2.45) is 5.92 Å². The second-order valence-corrected chi connectivity index (χ2v) is 5.72. The fourth-order valence-electron chi connectivity index (χ4n) is 1.42. The van der Waals surface area contributed by atoms with Crippen LogP contribution in [0.25, 0.3) is 0 Å². The minimum Gasteiger partial charge on any atom is -0.475 e. The Labute approximate surface area is 112 Å². The fraction of sp³-hybridized carbons (Fsp3) is 0.615. The lowest BCUT2D eigenvalue weighted by molar-refractivity contribution is 0.229. The zero-order valence-electron chi connectivity index (χ0n) is 11.0. The van der Waals surface area contributed by atoms with Gasteiger partial charge in [0.15, 0.2) is 0 Å². The van der Waals surface area contributed by atoms with E-state index < -0.39 is 0 Å². The molecule has 1 heterocycles. The Morgan fingerprint density at radius 2 is 2.06 bits per heavy atom. The van der Waals surface area contributed by atoms with Gasteiger partial charge >= 0.3 is 0 Å². The smallest absolute Gasteiger partial charge is 0.218 e. The van der Waals surface area contributed by atoms with Crippen LogP contribution in [0.1, 0.15) is 33.3 Å². The summed E-state index contributed by atoms with van der Waals surface area (Å²) in [6.07, 6.45) is 1.91. The van der Waals surface area contributed by atoms with Gasteiger partial charge in [-0.15, -0.1) is 0 Å². The fourth-order valence-corrected chi connectivity index (χ4v) is 1.80. The van der Waals surface area contributed by atoms with Crippen molar-refractivity contribution in [1.29, 1.82) is 0 Å². The zero-order chi connectivity index (χ0) is 12.8. The summed E-state index contributed by atoms with van der Waals surface area (Å²) in [6, 6.07) is 2.05. The highest BCUT2D eigenvalue weighted by Crippen LogP contribution is 2.20. The van der Waals surface area contributed by atoms with Crippen LogP contribution in [0.2, 0.25) is 0 Å². The standard InChI is InChI=1S/C13H21BrN2O/c1-9(2)6-15-7-11-5-12(14)8-16-13(11)17-10(3)4/h5,8-10,15H,6-7H2,1-4H3. The third-order valence-corrected chi connectivity index (χ3v) is 2.54. The minimum absolute atomic E-state index is 0.146. The Kier molecular flexibility index (Phi) is 5.92. The number of ether oxygens (including phenoxy) is 1. The van der Waals surface area contributed by atoms with Crippen LogP contribution in [0.3, 0.4) is 0 Å². The number of hydrogen-bond donors (Lipinski definition) is 1. The molecule has 96 valence electrons. The third-order valence-electron chi connectivity index (χ3n) is 2.11. The molecular weight excluding hydrogens is 280 g/mol. The first kappa shape index (κ1) is 14.5. The van der Waals surface area contributed by atoms with Crippen molar-refractivity contribution in [3.63, 3.8) is 0 Å². The Morgan fingerprint density at radius 1 is 1.35 bits per heavy atom. The van der Waals surface area contributed by atoms with Gasteiger partial charge in [0.1, 0.15) is 0 Å². The van der Waals surface area contributed by atoms with E-state index >= 15 is 0 Å². The van der Waals surface area contributed by atoms with Crippen LogP contribution in [0, 0.1) is 5.92 Å². The summed E-state index contributed by atoms with van der Waals surface area (Å²) < 4.78 is 6.67. The summed E-state index contributed by atoms with van der Waals surface area (Å²) >= 11 is 3.44. The predicted molar refractivity (Wildman–Crippen MR) is 74.2 cm³/mol. The van der Waals surface area contributed by atoms with Crippen molar-refractivity contribution in [3.8, 4) is 5.88 Å². The highest BCUT2D eigenvalue weighted by Gasteiger charge is 2.08. The lowest BCUT2D eigenvalue weighted by Crippen LogP contribution is -2.20. The molecular formula is C13H21BrN2O. The van der Waals surface area contributed by atoms with Gasteiger partial charge in [0.25, 0.3) is 0 Å². The molecule has 1 aromatic heterocycles. The molecule has 0 aliphatic heterocycles. The molecule has 1 rings (SSSR count). The normalized spacial score (nSPS) is 11.2. The number of rotatable bonds is 6. The molecule has 0 unspecified atom stereocenters. The quantitative estimate of drug-likeness (QED) is 0.874. The van der Waals surface area contributed by atoms with Gasteiger partial charge in [-0.3, -0.25) is 0 Å². The molecule has 0 saturated carbocycles. The number of aromatic nitrogens is 1. The largest absolute Gasteiger partial charge is 0.475 e. The van der Waals surface area contributed by atoms with E-state index in [9.17, 15) is 0 Å². The van der Waals surface area contributed by atoms with Gasteiger partial charge in [0.2, 0.25) is 5.88 Å². The van der Waals surface area contributed by atoms with Crippen LogP contribution >= 0.6 is 15.9 Å². The Bertz CT molecular complexity index is 353. The molecule has 0 amide bonds. The number of halogens is 1. The molecule has 0 saturated heterocycles. The summed E-state index contributed by atoms with van der Waals surface area (Å²) in [4.78, 5) is 4.31. The molecule has 4 heteroatoms. The van der Waals surface area contributed by atoms with E-state index in [2.05, 4.69) is 46.1 Å². The van der Waals surface area contributed by atoms with Gasteiger partial charge in [-0.1, -0.05) is 13.8 Å². The maximum absolute atomic E-state index is 5.69. The van der Waals surface area contributed by atoms with Crippen molar-refractivity contribution in [1.82, 2.24) is 10.3 Å². The number of hydrogen-bond acceptors (Lipinski definition) is 3. The average molecular weight is 301 g/mol. The molecule has 3 nitrogen and oxygen atoms in total. The highest BCUT2D eigenvalue weighted by atomic mass is 79.9. The maximum atomic E-state index is 5.69. The first-order valence-corrected chi connectivity index (χ1v) is 6.80. The second kappa shape index (κ2) is 6.97. The average Bonchev–Trinajstić information content (AvgIpc) is 2.21. The van der Waals surface area contributed by atoms with Crippen molar-refractivity contribution >= 4 is 15.9 Å². The minimum atomic E-state index is 0.146. The van der Waals surface area contributed by atoms with Gasteiger partial charge in [0.05, 0.1) is 6.10 Å². The zero-order valence-corrected chi connectivity index (χ0v) is 12.5. The predicted octanol–water partition coefficient (Wildman–Crippen LogP) is 3.38. The van der Waals surface area contributed by atoms with Gasteiger partial charge < -0.3 is 10.1 Å². The topological polar surface area (TPSA) is 34.2 Å². The summed E-state index contributed by atoms with van der Waals surface area (Å²) in [7, 11) is 0. The van der Waals surface area contributed by atoms with Crippen LogP contribution in [0.5, 0.6) is 5.88 Å². The van der Waals surface area contributed by atoms with Crippen LogP contribution < -0.4 is 10.1 Å². The van der Waals surface area contributed by atoms with Gasteiger partial charge in [-0.05, 0) is 48.3 Å². The van der Waals surface area contributed by atoms with E-state index in [1.54, 1.807) is 6.20 Å². The molecule has 0 spiro atoms. The second-order valence-electron chi connectivity index (χ2n) is 4.81. The van der Waals surface area contributed by atoms with Crippen molar-refractivity contribution in [2.75, 3.05) is 6.54 Å². The molecule has 0 radical (unpaired) electrons. The molecule has 1 N–H and O–H groups in total. The summed E-state index contributed by atoms with van der Waals surface area (Å²) in [6.45, 7) is 10.2. The maximum Gasteiger partial charge on any atom is 0.218 e. The van der Waals surface area contributed by atoms with Crippen molar-refractivity contribution in [2.45, 2.75) is 40.3 Å². The monoisotopic (exact) mass is 300 g/mol.